The number of amides is 2. The average Bonchev–Trinajstić information content (AvgIpc) is 3.32. The Kier molecular flexibility index (Phi) is 7.17. The van der Waals surface area contributed by atoms with Crippen LogP contribution in [0, 0.1) is 0 Å². The van der Waals surface area contributed by atoms with Gasteiger partial charge in [0, 0.05) is 14.1 Å². The minimum Gasteiger partial charge on any atom is -0.394 e. The van der Waals surface area contributed by atoms with Crippen LogP contribution in [0.4, 0.5) is 38.1 Å². The smallest absolute Gasteiger partial charge is 0.394 e. The minimum atomic E-state index is -5.31. The average molecular weight is 532 g/mol. The fourth-order valence-electron chi connectivity index (χ4n) is 3.10. The predicted molar refractivity (Wildman–Crippen MR) is 104 cm³/mol. The lowest BCUT2D eigenvalue weighted by Gasteiger charge is -2.24. The third kappa shape index (κ3) is 5.20. The van der Waals surface area contributed by atoms with Gasteiger partial charge in [-0.25, -0.2) is 4.98 Å². The first-order valence-corrected chi connectivity index (χ1v) is 9.66. The summed E-state index contributed by atoms with van der Waals surface area (Å²) in [6.07, 6.45) is -15.6. The summed E-state index contributed by atoms with van der Waals surface area (Å²) in [5.41, 5.74) is 2.20. The summed E-state index contributed by atoms with van der Waals surface area (Å²) in [4.78, 5) is 34.3. The molecule has 3 heterocycles. The highest BCUT2D eigenvalue weighted by Crippen LogP contribution is 2.33. The fourth-order valence-corrected chi connectivity index (χ4v) is 3.10. The van der Waals surface area contributed by atoms with Crippen LogP contribution in [0.1, 0.15) is 6.23 Å². The Morgan fingerprint density at radius 3 is 2.08 bits per heavy atom. The summed E-state index contributed by atoms with van der Waals surface area (Å²) in [7, 11) is 1.80. The van der Waals surface area contributed by atoms with Gasteiger partial charge in [-0.3, -0.25) is 35.0 Å². The van der Waals surface area contributed by atoms with Crippen molar-refractivity contribution < 1.29 is 56.0 Å². The number of ether oxygens (including phenoxy) is 1. The number of carbonyl (C=O) groups is 2. The van der Waals surface area contributed by atoms with Gasteiger partial charge < -0.3 is 20.1 Å². The van der Waals surface area contributed by atoms with Gasteiger partial charge in [-0.05, 0) is 0 Å². The molecule has 0 radical (unpaired) electrons. The summed E-state index contributed by atoms with van der Waals surface area (Å²) in [5.74, 6) is -6.12. The van der Waals surface area contributed by atoms with Gasteiger partial charge in [0.25, 0.3) is 0 Å². The Bertz CT molecular complexity index is 1140. The maximum absolute atomic E-state index is 12.7. The van der Waals surface area contributed by atoms with Crippen molar-refractivity contribution >= 4 is 34.7 Å². The Morgan fingerprint density at radius 2 is 1.58 bits per heavy atom. The van der Waals surface area contributed by atoms with Gasteiger partial charge in [0.2, 0.25) is 5.95 Å². The van der Waals surface area contributed by atoms with Gasteiger partial charge in [0.05, 0.1) is 12.9 Å². The van der Waals surface area contributed by atoms with Gasteiger partial charge in [-0.2, -0.15) is 36.3 Å². The van der Waals surface area contributed by atoms with Gasteiger partial charge in [-0.1, -0.05) is 0 Å². The van der Waals surface area contributed by atoms with E-state index in [9.17, 15) is 51.3 Å². The number of hydrogen-bond donors (Lipinski definition) is 5. The highest BCUT2D eigenvalue weighted by molar-refractivity contribution is 5.89. The molecule has 0 unspecified atom stereocenters. The van der Waals surface area contributed by atoms with Crippen molar-refractivity contribution in [1.82, 2.24) is 30.4 Å². The summed E-state index contributed by atoms with van der Waals surface area (Å²) in [6.45, 7) is -0.703. The van der Waals surface area contributed by atoms with Crippen molar-refractivity contribution in [2.75, 3.05) is 30.7 Å². The molecule has 20 heteroatoms. The maximum Gasteiger partial charge on any atom is 0.472 e. The van der Waals surface area contributed by atoms with E-state index in [0.717, 1.165) is 25.0 Å². The molecule has 36 heavy (non-hydrogen) atoms. The van der Waals surface area contributed by atoms with Crippen LogP contribution in [0.5, 0.6) is 0 Å². The zero-order valence-electron chi connectivity index (χ0n) is 18.1. The zero-order valence-corrected chi connectivity index (χ0v) is 18.1. The molecule has 0 aliphatic carbocycles. The van der Waals surface area contributed by atoms with Gasteiger partial charge >= 0.3 is 24.2 Å². The van der Waals surface area contributed by atoms with Crippen molar-refractivity contribution in [1.29, 1.82) is 0 Å². The zero-order chi connectivity index (χ0) is 27.2. The number of nitrogens with one attached hydrogen (secondary N) is 2. The number of alkyl halides is 6. The molecule has 200 valence electrons. The summed E-state index contributed by atoms with van der Waals surface area (Å²) < 4.78 is 82.5. The second-order valence-corrected chi connectivity index (χ2v) is 7.40. The third-order valence-corrected chi connectivity index (χ3v) is 4.85. The first-order valence-electron chi connectivity index (χ1n) is 9.66. The highest BCUT2D eigenvalue weighted by Gasteiger charge is 2.45. The van der Waals surface area contributed by atoms with Crippen molar-refractivity contribution in [3.8, 4) is 0 Å². The van der Waals surface area contributed by atoms with Crippen LogP contribution in [0.3, 0.4) is 0 Å². The molecular weight excluding hydrogens is 514 g/mol. The van der Waals surface area contributed by atoms with E-state index in [1.165, 1.54) is 10.9 Å². The molecule has 1 aliphatic rings. The summed E-state index contributed by atoms with van der Waals surface area (Å²) >= 11 is 0. The molecule has 0 saturated carbocycles. The van der Waals surface area contributed by atoms with E-state index >= 15 is 0 Å². The largest absolute Gasteiger partial charge is 0.472 e. The second-order valence-electron chi connectivity index (χ2n) is 7.40. The standard InChI is InChI=1S/C16H18F6N8O6/c1-28(26-12(34)15(17,18)19)9-6-10(25-14(24-9)29(2)27-13(35)16(20,21)22)30(4-23-6)11-8(33)7(32)5(3-31)36-11/h4-5,7-8,11,31-33H,3H2,1-2H3,(H,26,34)(H,27,35)/t5-,7-,8-,11-/m1/s1. The lowest BCUT2D eigenvalue weighted by molar-refractivity contribution is -0.173. The number of rotatable bonds is 6. The van der Waals surface area contributed by atoms with E-state index in [0.29, 0.717) is 10.0 Å². The second kappa shape index (κ2) is 9.52. The molecule has 1 aliphatic heterocycles. The first kappa shape index (κ1) is 27.1. The number of hydrogen-bond acceptors (Lipinski definition) is 11. The number of nitrogens with zero attached hydrogens (tertiary/aromatic N) is 6. The van der Waals surface area contributed by atoms with Crippen LogP contribution in [-0.4, -0.2) is 98.0 Å². The Morgan fingerprint density at radius 1 is 1.03 bits per heavy atom. The predicted octanol–water partition coefficient (Wildman–Crippen LogP) is -1.50. The molecule has 14 nitrogen and oxygen atoms in total. The Labute approximate surface area is 196 Å². The quantitative estimate of drug-likeness (QED) is 0.216. The highest BCUT2D eigenvalue weighted by atomic mass is 19.4. The van der Waals surface area contributed by atoms with Crippen molar-refractivity contribution in [3.05, 3.63) is 6.33 Å². The maximum atomic E-state index is 12.7. The topological polar surface area (TPSA) is 178 Å². The van der Waals surface area contributed by atoms with E-state index in [1.807, 2.05) is 0 Å². The van der Waals surface area contributed by atoms with E-state index in [4.69, 9.17) is 4.74 Å². The van der Waals surface area contributed by atoms with Gasteiger partial charge in [-0.15, -0.1) is 0 Å². The van der Waals surface area contributed by atoms with Crippen LogP contribution in [0.15, 0.2) is 6.33 Å². The molecule has 4 atom stereocenters. The number of imidazole rings is 1. The molecule has 1 saturated heterocycles. The van der Waals surface area contributed by atoms with Gasteiger partial charge in [0.15, 0.2) is 23.2 Å². The first-order chi connectivity index (χ1) is 16.6. The van der Waals surface area contributed by atoms with Crippen LogP contribution >= 0.6 is 0 Å². The van der Waals surface area contributed by atoms with Gasteiger partial charge in [0.1, 0.15) is 18.3 Å². The molecule has 1 fully saturated rings. The van der Waals surface area contributed by atoms with E-state index < -0.39 is 67.1 Å². The molecule has 0 aromatic carbocycles. The number of aliphatic hydroxyl groups is 3. The Hall–Kier alpha value is -3.49. The lowest BCUT2D eigenvalue weighted by atomic mass is 10.1. The minimum absolute atomic E-state index is 0.322. The third-order valence-electron chi connectivity index (χ3n) is 4.85. The normalized spacial score (nSPS) is 22.5. The number of anilines is 2. The summed E-state index contributed by atoms with van der Waals surface area (Å²) in [5, 5.41) is 30.5. The molecule has 2 aromatic heterocycles. The molecular formula is C16H18F6N8O6. The number of carbonyl (C=O) groups excluding carboxylic acids is 2. The van der Waals surface area contributed by atoms with E-state index in [1.54, 1.807) is 0 Å². The summed E-state index contributed by atoms with van der Waals surface area (Å²) in [6, 6.07) is 0. The molecule has 0 spiro atoms. The van der Waals surface area contributed by atoms with Crippen LogP contribution in [0.25, 0.3) is 11.2 Å². The van der Waals surface area contributed by atoms with Crippen molar-refractivity contribution in [2.24, 2.45) is 0 Å². The lowest BCUT2D eigenvalue weighted by Crippen LogP contribution is -2.48. The molecule has 2 amide bonds. The van der Waals surface area contributed by atoms with Crippen LogP contribution < -0.4 is 20.9 Å². The molecule has 0 bridgehead atoms. The van der Waals surface area contributed by atoms with Crippen LogP contribution in [-0.2, 0) is 14.3 Å². The van der Waals surface area contributed by atoms with Crippen molar-refractivity contribution in [2.45, 2.75) is 36.9 Å². The molecule has 5 N–H and O–H groups in total. The monoisotopic (exact) mass is 532 g/mol. The number of aliphatic hydroxyl groups excluding tert-OH is 3. The SMILES string of the molecule is CN(NC(=O)C(F)(F)F)c1nc(N(C)NC(=O)C(F)(F)F)c2ncn([C@@H]3O[C@H](CO)[C@@H](O)[C@H]3O)c2n1. The van der Waals surface area contributed by atoms with Crippen LogP contribution in [0.2, 0.25) is 0 Å². The van der Waals surface area contributed by atoms with Crippen molar-refractivity contribution in [3.63, 3.8) is 0 Å². The van der Waals surface area contributed by atoms with E-state index in [2.05, 4.69) is 15.0 Å². The fraction of sp³-hybridized carbons (Fsp3) is 0.562. The number of hydrazine groups is 2. The van der Waals surface area contributed by atoms with E-state index in [-0.39, 0.29) is 11.2 Å². The Balaban J connectivity index is 2.10. The molecule has 3 rings (SSSR count). The number of fused-ring (bicyclic) bond motifs is 1. The number of halogens is 6. The number of aromatic nitrogens is 4. The molecule has 2 aromatic rings.